The highest BCUT2D eigenvalue weighted by Crippen LogP contribution is 2.29. The molecule has 2 atom stereocenters. The zero-order chi connectivity index (χ0) is 26.6. The molecule has 2 amide bonds. The molecule has 1 aliphatic heterocycles. The number of hydrogen-bond donors (Lipinski definition) is 4. The number of hydrogen-bond acceptors (Lipinski definition) is 5. The minimum Gasteiger partial charge on any atom is -0.475 e. The van der Waals surface area contributed by atoms with Gasteiger partial charge in [-0.3, -0.25) is 19.7 Å². The van der Waals surface area contributed by atoms with Crippen LogP contribution in [-0.2, 0) is 19.2 Å². The van der Waals surface area contributed by atoms with Crippen molar-refractivity contribution in [3.63, 3.8) is 0 Å². The highest BCUT2D eigenvalue weighted by Gasteiger charge is 2.38. The van der Waals surface area contributed by atoms with Gasteiger partial charge in [-0.05, 0) is 31.1 Å². The first-order valence-corrected chi connectivity index (χ1v) is 12.0. The number of carbonyl (C=O) groups is 4. The summed E-state index contributed by atoms with van der Waals surface area (Å²) in [4.78, 5) is 49.4. The lowest BCUT2D eigenvalue weighted by Crippen LogP contribution is -2.41. The van der Waals surface area contributed by atoms with Crippen LogP contribution in [0.2, 0.25) is 0 Å². The van der Waals surface area contributed by atoms with Crippen molar-refractivity contribution < 1.29 is 37.5 Å². The van der Waals surface area contributed by atoms with Crippen molar-refractivity contribution in [3.8, 4) is 0 Å². The van der Waals surface area contributed by atoms with E-state index in [1.54, 1.807) is 0 Å². The number of nitrogens with zero attached hydrogens (tertiary/aromatic N) is 1. The standard InChI is InChI=1S/C21H36N4O3.C2HF3O2/c1-14(2)8-10-18(26)17(12-15-6-4-3-5-7-15)24-21(22)25-20(28)13-16-9-11-19(27)23-16;3-2(4,5)1(6)7/h14-17H,3-13H2,1-2H3,(H,23,27)(H3,22,24,25,28);(H,6,7)/t16-,17+;/m0./s1. The number of carbonyl (C=O) groups excluding carboxylic acids is 3. The third kappa shape index (κ3) is 13.1. The van der Waals surface area contributed by atoms with E-state index in [0.29, 0.717) is 37.5 Å². The molecule has 1 saturated heterocycles. The summed E-state index contributed by atoms with van der Waals surface area (Å²) in [5.41, 5.74) is 5.95. The third-order valence-electron chi connectivity index (χ3n) is 5.94. The van der Waals surface area contributed by atoms with E-state index in [2.05, 4.69) is 29.5 Å². The predicted octanol–water partition coefficient (Wildman–Crippen LogP) is 3.06. The van der Waals surface area contributed by atoms with Gasteiger partial charge in [0, 0.05) is 25.3 Å². The van der Waals surface area contributed by atoms with Crippen molar-refractivity contribution in [1.82, 2.24) is 10.6 Å². The molecule has 2 fully saturated rings. The van der Waals surface area contributed by atoms with Crippen molar-refractivity contribution in [1.29, 1.82) is 0 Å². The van der Waals surface area contributed by atoms with E-state index < -0.39 is 18.2 Å². The third-order valence-corrected chi connectivity index (χ3v) is 5.94. The average molecular weight is 507 g/mol. The maximum Gasteiger partial charge on any atom is 0.490 e. The maximum atomic E-state index is 12.7. The van der Waals surface area contributed by atoms with Gasteiger partial charge in [0.15, 0.2) is 11.7 Å². The fourth-order valence-electron chi connectivity index (χ4n) is 4.04. The summed E-state index contributed by atoms with van der Waals surface area (Å²) in [6.07, 6.45) is 4.20. The number of carboxylic acids is 1. The lowest BCUT2D eigenvalue weighted by molar-refractivity contribution is -0.192. The number of nitrogens with one attached hydrogen (secondary N) is 2. The highest BCUT2D eigenvalue weighted by atomic mass is 19.4. The number of Topliss-reactive ketones (excluding diaryl/α,β-unsaturated/α-hetero) is 1. The van der Waals surface area contributed by atoms with E-state index in [1.165, 1.54) is 19.3 Å². The van der Waals surface area contributed by atoms with Gasteiger partial charge >= 0.3 is 12.1 Å². The Kier molecular flexibility index (Phi) is 12.7. The van der Waals surface area contributed by atoms with Gasteiger partial charge in [0.2, 0.25) is 11.8 Å². The molecule has 35 heavy (non-hydrogen) atoms. The largest absolute Gasteiger partial charge is 0.490 e. The highest BCUT2D eigenvalue weighted by molar-refractivity contribution is 5.98. The van der Waals surface area contributed by atoms with E-state index in [4.69, 9.17) is 15.6 Å². The normalized spacial score (nSPS) is 20.0. The van der Waals surface area contributed by atoms with E-state index in [1.807, 2.05) is 0 Å². The van der Waals surface area contributed by atoms with E-state index >= 15 is 0 Å². The monoisotopic (exact) mass is 506 g/mol. The van der Waals surface area contributed by atoms with Crippen LogP contribution in [0.25, 0.3) is 0 Å². The Bertz CT molecular complexity index is 765. The maximum absolute atomic E-state index is 12.7. The van der Waals surface area contributed by atoms with Gasteiger partial charge in [-0.15, -0.1) is 0 Å². The fraction of sp³-hybridized carbons (Fsp3) is 0.783. The van der Waals surface area contributed by atoms with Gasteiger partial charge in [-0.25, -0.2) is 9.79 Å². The van der Waals surface area contributed by atoms with Crippen LogP contribution < -0.4 is 16.4 Å². The van der Waals surface area contributed by atoms with Crippen LogP contribution >= 0.6 is 0 Å². The Hall–Kier alpha value is -2.66. The zero-order valence-electron chi connectivity index (χ0n) is 20.3. The molecule has 1 heterocycles. The lowest BCUT2D eigenvalue weighted by Gasteiger charge is -2.24. The molecule has 200 valence electrons. The topological polar surface area (TPSA) is 151 Å². The molecule has 0 spiro atoms. The van der Waals surface area contributed by atoms with Gasteiger partial charge in [0.1, 0.15) is 6.04 Å². The summed E-state index contributed by atoms with van der Waals surface area (Å²) >= 11 is 0. The molecule has 2 aliphatic rings. The molecule has 0 aromatic heterocycles. The number of guanidine groups is 1. The van der Waals surface area contributed by atoms with Gasteiger partial charge in [0.05, 0.1) is 0 Å². The number of rotatable bonds is 9. The second kappa shape index (κ2) is 14.7. The smallest absolute Gasteiger partial charge is 0.475 e. The number of alkyl halides is 3. The van der Waals surface area contributed by atoms with Gasteiger partial charge in [-0.1, -0.05) is 46.0 Å². The first-order chi connectivity index (χ1) is 16.3. The Morgan fingerprint density at radius 2 is 1.77 bits per heavy atom. The number of nitrogens with two attached hydrogens (primary N) is 1. The van der Waals surface area contributed by atoms with Crippen LogP contribution in [0.5, 0.6) is 0 Å². The number of halogens is 3. The molecule has 0 aromatic rings. The number of amides is 2. The van der Waals surface area contributed by atoms with Crippen LogP contribution in [0, 0.1) is 11.8 Å². The summed E-state index contributed by atoms with van der Waals surface area (Å²) in [6.45, 7) is 4.20. The number of ketones is 1. The second-order valence-corrected chi connectivity index (χ2v) is 9.53. The average Bonchev–Trinajstić information content (AvgIpc) is 3.16. The molecule has 12 heteroatoms. The molecule has 5 N–H and O–H groups in total. The molecule has 1 aliphatic carbocycles. The number of aliphatic carboxylic acids is 1. The number of carboxylic acid groups (broad SMARTS) is 1. The minimum absolute atomic E-state index is 0.00744. The molecule has 2 rings (SSSR count). The van der Waals surface area contributed by atoms with E-state index in [0.717, 1.165) is 19.3 Å². The van der Waals surface area contributed by atoms with Crippen molar-refractivity contribution in [2.24, 2.45) is 22.6 Å². The predicted molar refractivity (Wildman–Crippen MR) is 123 cm³/mol. The van der Waals surface area contributed by atoms with Crippen molar-refractivity contribution in [2.45, 2.75) is 103 Å². The molecule has 9 nitrogen and oxygen atoms in total. The zero-order valence-corrected chi connectivity index (χ0v) is 20.3. The van der Waals surface area contributed by atoms with Gasteiger partial charge in [0.25, 0.3) is 0 Å². The van der Waals surface area contributed by atoms with Gasteiger partial charge in [-0.2, -0.15) is 13.2 Å². The van der Waals surface area contributed by atoms with Crippen molar-refractivity contribution >= 4 is 29.5 Å². The SMILES string of the molecule is CC(C)CCC(=O)[C@@H](CC1CCCCC1)N=C(N)NC(=O)C[C@@H]1CCC(=O)N1.O=C(O)C(F)(F)F. The Morgan fingerprint density at radius 3 is 2.26 bits per heavy atom. The quantitative estimate of drug-likeness (QED) is 0.279. The molecular formula is C23H37F3N4O5. The van der Waals surface area contributed by atoms with Crippen LogP contribution in [0.1, 0.15) is 84.5 Å². The van der Waals surface area contributed by atoms with Crippen LogP contribution in [0.3, 0.4) is 0 Å². The summed E-state index contributed by atoms with van der Waals surface area (Å²) in [7, 11) is 0. The first-order valence-electron chi connectivity index (χ1n) is 12.0. The van der Waals surface area contributed by atoms with Crippen molar-refractivity contribution in [3.05, 3.63) is 0 Å². The molecule has 0 radical (unpaired) electrons. The molecule has 0 bridgehead atoms. The lowest BCUT2D eigenvalue weighted by atomic mass is 9.83. The molecule has 1 saturated carbocycles. The van der Waals surface area contributed by atoms with Crippen LogP contribution in [0.15, 0.2) is 4.99 Å². The Morgan fingerprint density at radius 1 is 1.17 bits per heavy atom. The summed E-state index contributed by atoms with van der Waals surface area (Å²) in [5, 5.41) is 12.5. The molecule has 0 unspecified atom stereocenters. The summed E-state index contributed by atoms with van der Waals surface area (Å²) in [5.74, 6) is -1.98. The number of aliphatic imine (C=N–C) groups is 1. The molecular weight excluding hydrogens is 469 g/mol. The second-order valence-electron chi connectivity index (χ2n) is 9.53. The summed E-state index contributed by atoms with van der Waals surface area (Å²) < 4.78 is 31.7. The van der Waals surface area contributed by atoms with E-state index in [-0.39, 0.29) is 36.0 Å². The minimum atomic E-state index is -5.08. The Balaban J connectivity index is 0.000000762. The van der Waals surface area contributed by atoms with Gasteiger partial charge < -0.3 is 16.2 Å². The first kappa shape index (κ1) is 30.4. The fourth-order valence-corrected chi connectivity index (χ4v) is 4.04. The van der Waals surface area contributed by atoms with E-state index in [9.17, 15) is 27.6 Å². The van der Waals surface area contributed by atoms with Crippen LogP contribution in [0.4, 0.5) is 13.2 Å². The van der Waals surface area contributed by atoms with Crippen LogP contribution in [-0.4, -0.2) is 52.9 Å². The van der Waals surface area contributed by atoms with Crippen molar-refractivity contribution in [2.75, 3.05) is 0 Å². The Labute approximate surface area is 203 Å². The molecule has 0 aromatic carbocycles. The summed E-state index contributed by atoms with van der Waals surface area (Å²) in [6, 6.07) is -0.626.